The summed E-state index contributed by atoms with van der Waals surface area (Å²) in [6.45, 7) is 0.893. The molecule has 1 aliphatic rings. The molecule has 0 amide bonds. The van der Waals surface area contributed by atoms with Gasteiger partial charge in [0.1, 0.15) is 0 Å². The van der Waals surface area contributed by atoms with Crippen LogP contribution < -0.4 is 4.57 Å². The summed E-state index contributed by atoms with van der Waals surface area (Å²) < 4.78 is 8.20. The van der Waals surface area contributed by atoms with Crippen LogP contribution in [-0.2, 0) is 6.54 Å². The first-order chi connectivity index (χ1) is 9.42. The van der Waals surface area contributed by atoms with Gasteiger partial charge in [0.2, 0.25) is 0 Å². The molecule has 0 spiro atoms. The molecule has 0 aliphatic carbocycles. The van der Waals surface area contributed by atoms with Gasteiger partial charge in [-0.2, -0.15) is 4.57 Å². The maximum atomic E-state index is 5.88. The minimum atomic E-state index is 0.855. The molecule has 5 rings (SSSR count). The number of nitrogens with zero attached hydrogens (tertiary/aromatic N) is 3. The van der Waals surface area contributed by atoms with E-state index in [1.165, 1.54) is 21.7 Å². The Morgan fingerprint density at radius 2 is 2.05 bits per heavy atom. The number of furan rings is 1. The third-order valence-electron chi connectivity index (χ3n) is 3.61. The third-order valence-corrected chi connectivity index (χ3v) is 4.71. The molecule has 4 aromatic rings. The lowest BCUT2D eigenvalue weighted by molar-refractivity contribution is -0.641. The first-order valence-corrected chi connectivity index (χ1v) is 6.85. The minimum Gasteiger partial charge on any atom is -0.437 e. The van der Waals surface area contributed by atoms with E-state index in [9.17, 15) is 0 Å². The van der Waals surface area contributed by atoms with Crippen LogP contribution in [0.2, 0.25) is 0 Å². The largest absolute Gasteiger partial charge is 0.437 e. The smallest absolute Gasteiger partial charge is 0.275 e. The average Bonchev–Trinajstić information content (AvgIpc) is 3.05. The lowest BCUT2D eigenvalue weighted by Crippen LogP contribution is -2.30. The number of hydrogen-bond donors (Lipinski definition) is 0. The number of hydrogen-bond acceptors (Lipinski definition) is 4. The van der Waals surface area contributed by atoms with Gasteiger partial charge in [-0.3, -0.25) is 9.97 Å². The molecule has 1 aliphatic heterocycles. The molecule has 0 saturated heterocycles. The van der Waals surface area contributed by atoms with E-state index in [0.717, 1.165) is 22.4 Å². The molecule has 5 heterocycles. The van der Waals surface area contributed by atoms with E-state index in [1.807, 2.05) is 24.7 Å². The molecular formula is C14H8N3OS+. The fraction of sp³-hybridized carbons (Fsp3) is 0.0714. The summed E-state index contributed by atoms with van der Waals surface area (Å²) in [4.78, 5) is 9.30. The van der Waals surface area contributed by atoms with Crippen molar-refractivity contribution in [1.82, 2.24) is 9.97 Å². The highest BCUT2D eigenvalue weighted by atomic mass is 32.1. The van der Waals surface area contributed by atoms with E-state index in [4.69, 9.17) is 4.42 Å². The van der Waals surface area contributed by atoms with E-state index >= 15 is 0 Å². The predicted molar refractivity (Wildman–Crippen MR) is 71.9 cm³/mol. The van der Waals surface area contributed by atoms with E-state index < -0.39 is 0 Å². The van der Waals surface area contributed by atoms with Crippen molar-refractivity contribution in [2.45, 2.75) is 6.54 Å². The normalized spacial score (nSPS) is 13.1. The molecule has 19 heavy (non-hydrogen) atoms. The fourth-order valence-electron chi connectivity index (χ4n) is 2.76. The van der Waals surface area contributed by atoms with Crippen molar-refractivity contribution in [2.75, 3.05) is 0 Å². The Labute approximate surface area is 112 Å². The fourth-order valence-corrected chi connectivity index (χ4v) is 3.94. The van der Waals surface area contributed by atoms with Crippen LogP contribution in [0.5, 0.6) is 0 Å². The van der Waals surface area contributed by atoms with E-state index in [-0.39, 0.29) is 0 Å². The van der Waals surface area contributed by atoms with Crippen LogP contribution in [-0.4, -0.2) is 9.97 Å². The van der Waals surface area contributed by atoms with E-state index in [2.05, 4.69) is 20.6 Å². The number of fused-ring (bicyclic) bond motifs is 7. The summed E-state index contributed by atoms with van der Waals surface area (Å²) in [5.74, 6) is 0. The standard InChI is InChI=1S/C14H8N3OS/c1-3-15-5-10-8(1)7-17-12-9-2-4-16-6-11(9)18-14(12)19-13(10)17/h1-6H,7H2/q+1. The molecule has 0 atom stereocenters. The number of pyridine rings is 2. The van der Waals surface area contributed by atoms with Crippen LogP contribution in [0.15, 0.2) is 41.3 Å². The Morgan fingerprint density at radius 3 is 3.05 bits per heavy atom. The molecule has 90 valence electrons. The second-order valence-electron chi connectivity index (χ2n) is 4.64. The molecule has 0 N–H and O–H groups in total. The van der Waals surface area contributed by atoms with Crippen molar-refractivity contribution in [2.24, 2.45) is 0 Å². The van der Waals surface area contributed by atoms with Gasteiger partial charge in [-0.15, -0.1) is 0 Å². The Balaban J connectivity index is 1.94. The quantitative estimate of drug-likeness (QED) is 0.405. The van der Waals surface area contributed by atoms with E-state index in [1.54, 1.807) is 17.5 Å². The Bertz CT molecular complexity index is 954. The second kappa shape index (κ2) is 3.19. The molecule has 0 radical (unpaired) electrons. The van der Waals surface area contributed by atoms with Crippen LogP contribution in [0.25, 0.3) is 32.0 Å². The molecule has 0 unspecified atom stereocenters. The molecule has 4 aromatic heterocycles. The summed E-state index contributed by atoms with van der Waals surface area (Å²) in [5.41, 5.74) is 4.58. The highest BCUT2D eigenvalue weighted by molar-refractivity contribution is 7.20. The molecule has 5 heteroatoms. The van der Waals surface area contributed by atoms with Crippen molar-refractivity contribution >= 4 is 32.7 Å². The number of thiazole rings is 1. The Morgan fingerprint density at radius 1 is 1.16 bits per heavy atom. The highest BCUT2D eigenvalue weighted by Crippen LogP contribution is 2.38. The van der Waals surface area contributed by atoms with Gasteiger partial charge in [-0.05, 0) is 23.5 Å². The zero-order valence-corrected chi connectivity index (χ0v) is 10.6. The van der Waals surface area contributed by atoms with Gasteiger partial charge in [-0.25, -0.2) is 0 Å². The predicted octanol–water partition coefficient (Wildman–Crippen LogP) is 2.75. The molecule has 0 aromatic carbocycles. The molecule has 0 saturated carbocycles. The third kappa shape index (κ3) is 1.11. The van der Waals surface area contributed by atoms with Crippen LogP contribution >= 0.6 is 11.3 Å². The summed E-state index contributed by atoms with van der Waals surface area (Å²) in [6.07, 6.45) is 7.38. The van der Waals surface area contributed by atoms with Gasteiger partial charge < -0.3 is 4.42 Å². The summed E-state index contributed by atoms with van der Waals surface area (Å²) in [5, 5.41) is 2.36. The van der Waals surface area contributed by atoms with Gasteiger partial charge in [0.15, 0.2) is 12.1 Å². The Hall–Kier alpha value is -2.27. The van der Waals surface area contributed by atoms with Gasteiger partial charge >= 0.3 is 0 Å². The van der Waals surface area contributed by atoms with Crippen molar-refractivity contribution in [3.8, 4) is 10.6 Å². The average molecular weight is 266 g/mol. The molecular weight excluding hydrogens is 258 g/mol. The zero-order chi connectivity index (χ0) is 12.4. The van der Waals surface area contributed by atoms with Crippen molar-refractivity contribution in [1.29, 1.82) is 0 Å². The maximum Gasteiger partial charge on any atom is 0.275 e. The summed E-state index contributed by atoms with van der Waals surface area (Å²) in [6, 6.07) is 4.10. The minimum absolute atomic E-state index is 0.855. The Kier molecular flexibility index (Phi) is 1.62. The topological polar surface area (TPSA) is 42.8 Å². The van der Waals surface area contributed by atoms with Gasteiger partial charge in [0.05, 0.1) is 17.1 Å². The first-order valence-electron chi connectivity index (χ1n) is 6.04. The van der Waals surface area contributed by atoms with Crippen molar-refractivity contribution < 1.29 is 8.98 Å². The van der Waals surface area contributed by atoms with Gasteiger partial charge in [-0.1, -0.05) is 0 Å². The molecule has 4 nitrogen and oxygen atoms in total. The SMILES string of the molecule is c1cc2c(cn1)-c1sc3oc4cnccc4c3[n+]1C2. The number of rotatable bonds is 0. The van der Waals surface area contributed by atoms with Crippen LogP contribution in [0.3, 0.4) is 0 Å². The van der Waals surface area contributed by atoms with E-state index in [0.29, 0.717) is 0 Å². The van der Waals surface area contributed by atoms with Gasteiger partial charge in [0.25, 0.3) is 15.4 Å². The maximum absolute atomic E-state index is 5.88. The lowest BCUT2D eigenvalue weighted by Gasteiger charge is -1.88. The molecule has 0 bridgehead atoms. The molecule has 0 fully saturated rings. The number of aromatic nitrogens is 3. The monoisotopic (exact) mass is 266 g/mol. The first kappa shape index (κ1) is 9.63. The van der Waals surface area contributed by atoms with Crippen LogP contribution in [0, 0.1) is 0 Å². The van der Waals surface area contributed by atoms with Gasteiger partial charge in [0, 0.05) is 24.2 Å². The zero-order valence-electron chi connectivity index (χ0n) is 9.83. The highest BCUT2D eigenvalue weighted by Gasteiger charge is 2.34. The van der Waals surface area contributed by atoms with Crippen molar-refractivity contribution in [3.05, 3.63) is 42.5 Å². The summed E-state index contributed by atoms with van der Waals surface area (Å²) >= 11 is 1.68. The van der Waals surface area contributed by atoms with Crippen LogP contribution in [0.4, 0.5) is 0 Å². The lowest BCUT2D eigenvalue weighted by atomic mass is 10.2. The second-order valence-corrected chi connectivity index (χ2v) is 5.60. The summed E-state index contributed by atoms with van der Waals surface area (Å²) in [7, 11) is 0. The van der Waals surface area contributed by atoms with Crippen molar-refractivity contribution in [3.63, 3.8) is 0 Å². The van der Waals surface area contributed by atoms with Crippen LogP contribution in [0.1, 0.15) is 5.56 Å².